The second-order valence-electron chi connectivity index (χ2n) is 2.63. The van der Waals surface area contributed by atoms with Crippen molar-refractivity contribution in [2.45, 2.75) is 31.4 Å². The molecule has 5 heteroatoms. The lowest BCUT2D eigenvalue weighted by molar-refractivity contribution is -0.147. The lowest BCUT2D eigenvalue weighted by Crippen LogP contribution is -2.19. The molecule has 0 radical (unpaired) electrons. The largest absolute Gasteiger partial charge is 0.480 e. The van der Waals surface area contributed by atoms with Gasteiger partial charge in [-0.05, 0) is 6.42 Å². The highest BCUT2D eigenvalue weighted by atomic mass is 32.1. The first-order valence-corrected chi connectivity index (χ1v) is 4.66. The average molecular weight is 206 g/mol. The number of carboxylic acids is 1. The van der Waals surface area contributed by atoms with E-state index in [1.165, 1.54) is 0 Å². The summed E-state index contributed by atoms with van der Waals surface area (Å²) in [7, 11) is 0. The predicted molar refractivity (Wildman–Crippen MR) is 50.9 cm³/mol. The highest BCUT2D eigenvalue weighted by molar-refractivity contribution is 7.81. The fourth-order valence-corrected chi connectivity index (χ4v) is 0.784. The minimum Gasteiger partial charge on any atom is -0.480 e. The van der Waals surface area contributed by atoms with Crippen LogP contribution in [-0.4, -0.2) is 28.9 Å². The van der Waals surface area contributed by atoms with Crippen molar-refractivity contribution in [3.8, 4) is 0 Å². The molecule has 0 rings (SSSR count). The van der Waals surface area contributed by atoms with Crippen LogP contribution in [0.4, 0.5) is 0 Å². The predicted octanol–water partition coefficient (Wildman–Crippen LogP) is 1.10. The fourth-order valence-electron chi connectivity index (χ4n) is 0.634. The number of thiol groups is 1. The van der Waals surface area contributed by atoms with E-state index < -0.39 is 17.2 Å². The number of carboxylic acid groups (broad SMARTS) is 1. The van der Waals surface area contributed by atoms with E-state index >= 15 is 0 Å². The quantitative estimate of drug-likeness (QED) is 0.388. The van der Waals surface area contributed by atoms with Crippen LogP contribution < -0.4 is 0 Å². The van der Waals surface area contributed by atoms with Gasteiger partial charge in [0.25, 0.3) is 0 Å². The van der Waals surface area contributed by atoms with Crippen molar-refractivity contribution in [1.82, 2.24) is 0 Å². The van der Waals surface area contributed by atoms with E-state index in [0.717, 1.165) is 12.8 Å². The molecule has 0 aliphatic carbocycles. The third-order valence-electron chi connectivity index (χ3n) is 1.41. The van der Waals surface area contributed by atoms with Crippen LogP contribution in [0.3, 0.4) is 0 Å². The molecule has 0 aliphatic heterocycles. The van der Waals surface area contributed by atoms with E-state index in [1.807, 2.05) is 6.92 Å². The highest BCUT2D eigenvalue weighted by Crippen LogP contribution is 2.03. The third-order valence-corrected chi connectivity index (χ3v) is 1.81. The van der Waals surface area contributed by atoms with Crippen LogP contribution in [-0.2, 0) is 14.3 Å². The second-order valence-corrected chi connectivity index (χ2v) is 3.26. The summed E-state index contributed by atoms with van der Waals surface area (Å²) in [5.74, 6) is -1.60. The third kappa shape index (κ3) is 6.45. The second kappa shape index (κ2) is 6.77. The topological polar surface area (TPSA) is 63.6 Å². The summed E-state index contributed by atoms with van der Waals surface area (Å²) in [6, 6.07) is 0. The Morgan fingerprint density at radius 3 is 2.62 bits per heavy atom. The van der Waals surface area contributed by atoms with E-state index in [9.17, 15) is 9.59 Å². The van der Waals surface area contributed by atoms with Gasteiger partial charge in [0.2, 0.25) is 0 Å². The Morgan fingerprint density at radius 2 is 2.15 bits per heavy atom. The molecule has 0 amide bonds. The number of carbonyl (C=O) groups excluding carboxylic acids is 1. The van der Waals surface area contributed by atoms with Gasteiger partial charge in [-0.25, -0.2) is 0 Å². The fraction of sp³-hybridized carbons (Fsp3) is 0.750. The van der Waals surface area contributed by atoms with Crippen LogP contribution in [0, 0.1) is 0 Å². The summed E-state index contributed by atoms with van der Waals surface area (Å²) in [6.07, 6.45) is 1.56. The smallest absolute Gasteiger partial charge is 0.316 e. The van der Waals surface area contributed by atoms with Crippen LogP contribution in [0.15, 0.2) is 0 Å². The monoisotopic (exact) mass is 206 g/mol. The highest BCUT2D eigenvalue weighted by Gasteiger charge is 2.17. The van der Waals surface area contributed by atoms with Crippen molar-refractivity contribution in [2.75, 3.05) is 6.61 Å². The zero-order chi connectivity index (χ0) is 10.3. The Hall–Kier alpha value is -0.710. The molecule has 0 aromatic heterocycles. The summed E-state index contributed by atoms with van der Waals surface area (Å²) in [6.45, 7) is 2.34. The summed E-state index contributed by atoms with van der Waals surface area (Å²) < 4.78 is 4.75. The van der Waals surface area contributed by atoms with Crippen LogP contribution in [0.25, 0.3) is 0 Å². The lowest BCUT2D eigenvalue weighted by Gasteiger charge is -2.05. The van der Waals surface area contributed by atoms with Crippen molar-refractivity contribution in [3.05, 3.63) is 0 Å². The molecule has 1 atom stereocenters. The Morgan fingerprint density at radius 1 is 1.54 bits per heavy atom. The Kier molecular flexibility index (Phi) is 6.40. The molecule has 76 valence electrons. The lowest BCUT2D eigenvalue weighted by atomic mass is 10.3. The van der Waals surface area contributed by atoms with Gasteiger partial charge in [0, 0.05) is 0 Å². The van der Waals surface area contributed by atoms with Gasteiger partial charge >= 0.3 is 11.9 Å². The number of esters is 1. The van der Waals surface area contributed by atoms with Crippen molar-refractivity contribution < 1.29 is 19.4 Å². The molecular formula is C8H14O4S. The molecule has 1 unspecified atom stereocenters. The minimum atomic E-state index is -1.10. The number of hydrogen-bond donors (Lipinski definition) is 2. The molecule has 0 saturated carbocycles. The molecule has 0 saturated heterocycles. The molecule has 0 bridgehead atoms. The van der Waals surface area contributed by atoms with Gasteiger partial charge in [-0.15, -0.1) is 0 Å². The Bertz CT molecular complexity index is 181. The van der Waals surface area contributed by atoms with E-state index in [1.54, 1.807) is 0 Å². The maximum atomic E-state index is 10.9. The van der Waals surface area contributed by atoms with Gasteiger partial charge in [-0.1, -0.05) is 13.3 Å². The standard InChI is InChI=1S/C8H14O4S/c1-2-3-4-12-7(9)5-6(13)8(10)11/h6,13H,2-5H2,1H3,(H,10,11). The Balaban J connectivity index is 3.56. The normalized spacial score (nSPS) is 12.2. The molecule has 0 heterocycles. The molecule has 1 N–H and O–H groups in total. The average Bonchev–Trinajstić information content (AvgIpc) is 2.04. The van der Waals surface area contributed by atoms with Gasteiger partial charge in [0.15, 0.2) is 0 Å². The number of rotatable bonds is 6. The van der Waals surface area contributed by atoms with Gasteiger partial charge < -0.3 is 9.84 Å². The Labute approximate surface area is 82.7 Å². The van der Waals surface area contributed by atoms with E-state index in [-0.39, 0.29) is 6.42 Å². The summed E-state index contributed by atoms with van der Waals surface area (Å²) >= 11 is 3.71. The summed E-state index contributed by atoms with van der Waals surface area (Å²) in [5, 5.41) is 7.45. The number of carbonyl (C=O) groups is 2. The molecular weight excluding hydrogens is 192 g/mol. The van der Waals surface area contributed by atoms with Gasteiger partial charge in [-0.3, -0.25) is 9.59 Å². The van der Waals surface area contributed by atoms with Gasteiger partial charge in [-0.2, -0.15) is 12.6 Å². The molecule has 0 aliphatic rings. The van der Waals surface area contributed by atoms with Crippen LogP contribution >= 0.6 is 12.6 Å². The molecule has 0 fully saturated rings. The molecule has 13 heavy (non-hydrogen) atoms. The molecule has 0 aromatic rings. The zero-order valence-electron chi connectivity index (χ0n) is 7.52. The van der Waals surface area contributed by atoms with Gasteiger partial charge in [0.1, 0.15) is 5.25 Å². The molecule has 0 spiro atoms. The maximum absolute atomic E-state index is 10.9. The van der Waals surface area contributed by atoms with Gasteiger partial charge in [0.05, 0.1) is 13.0 Å². The summed E-state index contributed by atoms with van der Waals surface area (Å²) in [4.78, 5) is 21.2. The SMILES string of the molecule is CCCCOC(=O)CC(S)C(=O)O. The van der Waals surface area contributed by atoms with Crippen LogP contribution in [0.1, 0.15) is 26.2 Å². The first kappa shape index (κ1) is 12.3. The van der Waals surface area contributed by atoms with Crippen molar-refractivity contribution >= 4 is 24.6 Å². The van der Waals surface area contributed by atoms with Crippen molar-refractivity contribution in [3.63, 3.8) is 0 Å². The van der Waals surface area contributed by atoms with Crippen LogP contribution in [0.5, 0.6) is 0 Å². The van der Waals surface area contributed by atoms with E-state index in [2.05, 4.69) is 12.6 Å². The molecule has 4 nitrogen and oxygen atoms in total. The van der Waals surface area contributed by atoms with E-state index in [0.29, 0.717) is 6.61 Å². The summed E-state index contributed by atoms with van der Waals surface area (Å²) in [5.41, 5.74) is 0. The first-order valence-electron chi connectivity index (χ1n) is 4.14. The number of unbranched alkanes of at least 4 members (excludes halogenated alkanes) is 1. The number of aliphatic carboxylic acids is 1. The molecule has 0 aromatic carbocycles. The zero-order valence-corrected chi connectivity index (χ0v) is 8.42. The number of hydrogen-bond acceptors (Lipinski definition) is 4. The first-order chi connectivity index (χ1) is 6.07. The number of ether oxygens (including phenoxy) is 1. The maximum Gasteiger partial charge on any atom is 0.316 e. The van der Waals surface area contributed by atoms with Crippen molar-refractivity contribution in [2.24, 2.45) is 0 Å². The van der Waals surface area contributed by atoms with E-state index in [4.69, 9.17) is 9.84 Å². The van der Waals surface area contributed by atoms with Crippen molar-refractivity contribution in [1.29, 1.82) is 0 Å². The minimum absolute atomic E-state index is 0.178. The van der Waals surface area contributed by atoms with Crippen LogP contribution in [0.2, 0.25) is 0 Å².